The molecule has 2 heteroatoms. The summed E-state index contributed by atoms with van der Waals surface area (Å²) in [6, 6.07) is 0. The Morgan fingerprint density at radius 3 is 2.91 bits per heavy atom. The predicted octanol–water partition coefficient (Wildman–Crippen LogP) is 1.35. The van der Waals surface area contributed by atoms with Crippen molar-refractivity contribution in [1.82, 2.24) is 5.32 Å². The highest BCUT2D eigenvalue weighted by molar-refractivity contribution is 4.96. The van der Waals surface area contributed by atoms with Crippen LogP contribution in [0.25, 0.3) is 0 Å². The molecule has 2 nitrogen and oxygen atoms in total. The van der Waals surface area contributed by atoms with Crippen molar-refractivity contribution in [3.05, 3.63) is 24.8 Å². The molecule has 0 spiro atoms. The highest BCUT2D eigenvalue weighted by atomic mass is 16.5. The second-order valence-electron chi connectivity index (χ2n) is 2.33. The lowest BCUT2D eigenvalue weighted by Crippen LogP contribution is -2.18. The molecule has 0 aliphatic rings. The molecular formula is C9H17NO. The van der Waals surface area contributed by atoms with E-state index in [4.69, 9.17) is 4.74 Å². The zero-order chi connectivity index (χ0) is 8.53. The van der Waals surface area contributed by atoms with Gasteiger partial charge in [0.25, 0.3) is 0 Å². The van der Waals surface area contributed by atoms with Crippen molar-refractivity contribution in [2.45, 2.75) is 6.92 Å². The van der Waals surface area contributed by atoms with Gasteiger partial charge in [-0.2, -0.15) is 0 Å². The van der Waals surface area contributed by atoms with Crippen molar-refractivity contribution in [2.24, 2.45) is 0 Å². The average molecular weight is 155 g/mol. The maximum absolute atomic E-state index is 5.18. The monoisotopic (exact) mass is 155 g/mol. The first-order valence-electron chi connectivity index (χ1n) is 3.87. The van der Waals surface area contributed by atoms with Crippen LogP contribution in [0.3, 0.4) is 0 Å². The van der Waals surface area contributed by atoms with E-state index in [1.54, 1.807) is 6.08 Å². The predicted molar refractivity (Wildman–Crippen MR) is 48.7 cm³/mol. The smallest absolute Gasteiger partial charge is 0.0690 e. The Morgan fingerprint density at radius 2 is 2.36 bits per heavy atom. The number of likely N-dealkylation sites (N-methyl/N-ethyl adjacent to an activating group) is 1. The maximum atomic E-state index is 5.18. The summed E-state index contributed by atoms with van der Waals surface area (Å²) in [5, 5.41) is 3.17. The molecule has 64 valence electrons. The van der Waals surface area contributed by atoms with Gasteiger partial charge in [0, 0.05) is 6.54 Å². The van der Waals surface area contributed by atoms with Gasteiger partial charge in [0.2, 0.25) is 0 Å². The van der Waals surface area contributed by atoms with Crippen LogP contribution in [0.2, 0.25) is 0 Å². The van der Waals surface area contributed by atoms with E-state index in [1.807, 2.05) is 0 Å². The minimum atomic E-state index is 0.602. The zero-order valence-corrected chi connectivity index (χ0v) is 7.23. The Morgan fingerprint density at radius 1 is 1.64 bits per heavy atom. The molecule has 0 aromatic rings. The van der Waals surface area contributed by atoms with Crippen LogP contribution >= 0.6 is 0 Å². The fourth-order valence-corrected chi connectivity index (χ4v) is 0.639. The molecule has 0 aliphatic heterocycles. The molecule has 11 heavy (non-hydrogen) atoms. The highest BCUT2D eigenvalue weighted by Crippen LogP contribution is 1.88. The summed E-state index contributed by atoms with van der Waals surface area (Å²) >= 11 is 0. The van der Waals surface area contributed by atoms with Gasteiger partial charge in [-0.15, -0.1) is 6.58 Å². The Bertz CT molecular complexity index is 121. The third-order valence-corrected chi connectivity index (χ3v) is 1.17. The fourth-order valence-electron chi connectivity index (χ4n) is 0.639. The molecule has 0 unspecified atom stereocenters. The van der Waals surface area contributed by atoms with Crippen molar-refractivity contribution in [1.29, 1.82) is 0 Å². The van der Waals surface area contributed by atoms with E-state index in [0.717, 1.165) is 18.7 Å². The van der Waals surface area contributed by atoms with Crippen LogP contribution < -0.4 is 5.32 Å². The quantitative estimate of drug-likeness (QED) is 0.442. The molecule has 0 atom stereocenters. The van der Waals surface area contributed by atoms with E-state index in [-0.39, 0.29) is 0 Å². The van der Waals surface area contributed by atoms with Gasteiger partial charge in [-0.05, 0) is 12.1 Å². The molecule has 0 rings (SSSR count). The molecule has 1 N–H and O–H groups in total. The summed E-state index contributed by atoms with van der Waals surface area (Å²) in [6.45, 7) is 12.5. The topological polar surface area (TPSA) is 21.3 Å². The highest BCUT2D eigenvalue weighted by Gasteiger charge is 1.91. The van der Waals surface area contributed by atoms with E-state index < -0.39 is 0 Å². The maximum Gasteiger partial charge on any atom is 0.0690 e. The van der Waals surface area contributed by atoms with Crippen molar-refractivity contribution in [3.63, 3.8) is 0 Å². The van der Waals surface area contributed by atoms with Gasteiger partial charge in [-0.1, -0.05) is 19.6 Å². The van der Waals surface area contributed by atoms with E-state index in [9.17, 15) is 0 Å². The Balaban J connectivity index is 3.15. The Kier molecular flexibility index (Phi) is 7.10. The molecule has 0 saturated heterocycles. The minimum Gasteiger partial charge on any atom is -0.373 e. The zero-order valence-electron chi connectivity index (χ0n) is 7.23. The van der Waals surface area contributed by atoms with Crippen LogP contribution in [0.1, 0.15) is 6.92 Å². The molecule has 0 radical (unpaired) electrons. The first kappa shape index (κ1) is 10.4. The number of nitrogens with one attached hydrogen (secondary N) is 1. The van der Waals surface area contributed by atoms with Crippen molar-refractivity contribution >= 4 is 0 Å². The third-order valence-electron chi connectivity index (χ3n) is 1.17. The number of rotatable bonds is 7. The summed E-state index contributed by atoms with van der Waals surface area (Å²) in [5.74, 6) is 0. The molecule has 0 amide bonds. The summed E-state index contributed by atoms with van der Waals surface area (Å²) < 4.78 is 5.18. The lowest BCUT2D eigenvalue weighted by molar-refractivity contribution is 0.185. The van der Waals surface area contributed by atoms with Gasteiger partial charge in [0.15, 0.2) is 0 Å². The first-order valence-corrected chi connectivity index (χ1v) is 3.87. The van der Waals surface area contributed by atoms with Gasteiger partial charge >= 0.3 is 0 Å². The minimum absolute atomic E-state index is 0.602. The molecule has 0 aliphatic carbocycles. The summed E-state index contributed by atoms with van der Waals surface area (Å²) in [5.41, 5.74) is 1.08. The van der Waals surface area contributed by atoms with Crippen LogP contribution in [0.15, 0.2) is 24.8 Å². The van der Waals surface area contributed by atoms with Crippen LogP contribution in [0.4, 0.5) is 0 Å². The fraction of sp³-hybridized carbons (Fsp3) is 0.556. The summed E-state index contributed by atoms with van der Waals surface area (Å²) in [6.07, 6.45) is 1.74. The van der Waals surface area contributed by atoms with E-state index in [2.05, 4.69) is 25.4 Å². The lowest BCUT2D eigenvalue weighted by atomic mass is 10.3. The molecule has 0 bridgehead atoms. The molecule has 0 aromatic heterocycles. The molecular weight excluding hydrogens is 138 g/mol. The normalized spacial score (nSPS) is 9.55. The Hall–Kier alpha value is -0.600. The molecule has 0 heterocycles. The van der Waals surface area contributed by atoms with Gasteiger partial charge in [0.1, 0.15) is 0 Å². The van der Waals surface area contributed by atoms with Gasteiger partial charge in [-0.25, -0.2) is 0 Å². The average Bonchev–Trinajstić information content (AvgIpc) is 2.01. The standard InChI is InChI=1S/C9H17NO/c1-4-6-11-8-9(3)7-10-5-2/h4,10H,1,3,5-8H2,2H3. The number of ether oxygens (including phenoxy) is 1. The van der Waals surface area contributed by atoms with Gasteiger partial charge in [-0.3, -0.25) is 0 Å². The van der Waals surface area contributed by atoms with E-state index >= 15 is 0 Å². The summed E-state index contributed by atoms with van der Waals surface area (Å²) in [7, 11) is 0. The van der Waals surface area contributed by atoms with Crippen molar-refractivity contribution < 1.29 is 4.74 Å². The summed E-state index contributed by atoms with van der Waals surface area (Å²) in [4.78, 5) is 0. The first-order chi connectivity index (χ1) is 5.31. The molecule has 0 fully saturated rings. The van der Waals surface area contributed by atoms with Crippen molar-refractivity contribution in [3.8, 4) is 0 Å². The number of hydrogen-bond acceptors (Lipinski definition) is 2. The second-order valence-corrected chi connectivity index (χ2v) is 2.33. The van der Waals surface area contributed by atoms with Crippen molar-refractivity contribution in [2.75, 3.05) is 26.3 Å². The van der Waals surface area contributed by atoms with Gasteiger partial charge in [0.05, 0.1) is 13.2 Å². The van der Waals surface area contributed by atoms with E-state index in [0.29, 0.717) is 13.2 Å². The molecule has 0 saturated carbocycles. The molecule has 0 aromatic carbocycles. The van der Waals surface area contributed by atoms with E-state index in [1.165, 1.54) is 0 Å². The van der Waals surface area contributed by atoms with Crippen LogP contribution in [0.5, 0.6) is 0 Å². The van der Waals surface area contributed by atoms with Gasteiger partial charge < -0.3 is 10.1 Å². The second kappa shape index (κ2) is 7.51. The SMILES string of the molecule is C=CCOCC(=C)CNCC. The largest absolute Gasteiger partial charge is 0.373 e. The third kappa shape index (κ3) is 7.30. The van der Waals surface area contributed by atoms with Crippen LogP contribution in [-0.4, -0.2) is 26.3 Å². The van der Waals surface area contributed by atoms with Crippen LogP contribution in [-0.2, 0) is 4.74 Å². The lowest BCUT2D eigenvalue weighted by Gasteiger charge is -2.05. The van der Waals surface area contributed by atoms with Crippen LogP contribution in [0, 0.1) is 0 Å². The Labute approximate surface area is 68.9 Å². The number of hydrogen-bond donors (Lipinski definition) is 1.